The first kappa shape index (κ1) is 23.5. The van der Waals surface area contributed by atoms with Crippen LogP contribution in [0.2, 0.25) is 0 Å². The van der Waals surface area contributed by atoms with Crippen LogP contribution in [0.4, 0.5) is 13.2 Å². The second-order valence-electron chi connectivity index (χ2n) is 8.24. The maximum atomic E-state index is 13.3. The van der Waals surface area contributed by atoms with Crippen LogP contribution in [0.1, 0.15) is 42.8 Å². The predicted molar refractivity (Wildman–Crippen MR) is 127 cm³/mol. The highest BCUT2D eigenvalue weighted by Crippen LogP contribution is 2.34. The van der Waals surface area contributed by atoms with E-state index < -0.39 is 11.7 Å². The summed E-state index contributed by atoms with van der Waals surface area (Å²) in [5.74, 6) is -0.497. The standard InChI is InChI=1S/C23H20F3N5O2S2/c1-12-18(31-9-10-34-22(31)28-12)20(32)27-11-16-7-8-30(16)21(33)19-17(29-13(2)35-19)14-3-5-15(6-4-14)23(24,25)26/h3-6,9-10,16H,7-8,11H2,1-2H3,(H,27,32). The van der Waals surface area contributed by atoms with Gasteiger partial charge in [-0.25, -0.2) is 9.97 Å². The van der Waals surface area contributed by atoms with Crippen LogP contribution >= 0.6 is 22.7 Å². The second-order valence-corrected chi connectivity index (χ2v) is 10.3. The van der Waals surface area contributed by atoms with Gasteiger partial charge in [0, 0.05) is 30.2 Å². The van der Waals surface area contributed by atoms with Gasteiger partial charge in [-0.1, -0.05) is 12.1 Å². The molecule has 182 valence electrons. The molecule has 12 heteroatoms. The van der Waals surface area contributed by atoms with Crippen LogP contribution in [-0.4, -0.2) is 50.2 Å². The Labute approximate surface area is 206 Å². The first-order valence-electron chi connectivity index (χ1n) is 10.8. The van der Waals surface area contributed by atoms with Crippen LogP contribution in [0.15, 0.2) is 35.8 Å². The summed E-state index contributed by atoms with van der Waals surface area (Å²) >= 11 is 2.65. The lowest BCUT2D eigenvalue weighted by atomic mass is 10.0. The first-order valence-corrected chi connectivity index (χ1v) is 12.5. The number of halogens is 3. The molecule has 4 heterocycles. The van der Waals surface area contributed by atoms with Crippen LogP contribution in [0.3, 0.4) is 0 Å². The number of hydrogen-bond acceptors (Lipinski definition) is 6. The van der Waals surface area contributed by atoms with E-state index in [0.717, 1.165) is 23.5 Å². The number of likely N-dealkylation sites (tertiary alicyclic amines) is 1. The van der Waals surface area contributed by atoms with Gasteiger partial charge in [0.1, 0.15) is 10.6 Å². The molecule has 7 nitrogen and oxygen atoms in total. The summed E-state index contributed by atoms with van der Waals surface area (Å²) < 4.78 is 40.5. The minimum atomic E-state index is -4.44. The maximum absolute atomic E-state index is 13.3. The van der Waals surface area contributed by atoms with E-state index in [1.807, 2.05) is 5.38 Å². The Kier molecular flexibility index (Phi) is 5.88. The predicted octanol–water partition coefficient (Wildman–Crippen LogP) is 4.80. The molecule has 0 bridgehead atoms. The number of nitrogens with zero attached hydrogens (tertiary/aromatic N) is 4. The fraction of sp³-hybridized carbons (Fsp3) is 0.304. The van der Waals surface area contributed by atoms with Crippen molar-refractivity contribution in [1.29, 1.82) is 0 Å². The zero-order valence-corrected chi connectivity index (χ0v) is 20.4. The van der Waals surface area contributed by atoms with E-state index in [0.29, 0.717) is 39.1 Å². The number of thiazole rings is 2. The van der Waals surface area contributed by atoms with Crippen molar-refractivity contribution in [1.82, 2.24) is 24.6 Å². The second kappa shape index (κ2) is 8.76. The molecule has 35 heavy (non-hydrogen) atoms. The zero-order valence-electron chi connectivity index (χ0n) is 18.7. The summed E-state index contributed by atoms with van der Waals surface area (Å²) in [6.07, 6.45) is -1.91. The van der Waals surface area contributed by atoms with Crippen molar-refractivity contribution in [3.8, 4) is 11.3 Å². The van der Waals surface area contributed by atoms with Crippen LogP contribution < -0.4 is 5.32 Å². The molecule has 1 atom stereocenters. The van der Waals surface area contributed by atoms with Gasteiger partial charge in [0.05, 0.1) is 28.0 Å². The van der Waals surface area contributed by atoms with E-state index in [4.69, 9.17) is 0 Å². The van der Waals surface area contributed by atoms with E-state index in [-0.39, 0.29) is 24.4 Å². The smallest absolute Gasteiger partial charge is 0.349 e. The molecule has 3 aromatic heterocycles. The molecule has 0 saturated carbocycles. The Bertz CT molecular complexity index is 1420. The summed E-state index contributed by atoms with van der Waals surface area (Å²) in [6.45, 7) is 4.35. The largest absolute Gasteiger partial charge is 0.416 e. The number of imidazole rings is 1. The average Bonchev–Trinajstić information content (AvgIpc) is 3.46. The van der Waals surface area contributed by atoms with E-state index in [1.165, 1.54) is 34.8 Å². The molecule has 1 saturated heterocycles. The van der Waals surface area contributed by atoms with E-state index >= 15 is 0 Å². The molecule has 0 aliphatic carbocycles. The van der Waals surface area contributed by atoms with Gasteiger partial charge in [0.15, 0.2) is 4.96 Å². The molecular formula is C23H20F3N5O2S2. The number of alkyl halides is 3. The number of carbonyl (C=O) groups excluding carboxylic acids is 2. The highest BCUT2D eigenvalue weighted by molar-refractivity contribution is 7.15. The highest BCUT2D eigenvalue weighted by atomic mass is 32.1. The van der Waals surface area contributed by atoms with Gasteiger partial charge in [0.25, 0.3) is 11.8 Å². The molecule has 1 aliphatic heterocycles. The number of aromatic nitrogens is 3. The summed E-state index contributed by atoms with van der Waals surface area (Å²) in [7, 11) is 0. The van der Waals surface area contributed by atoms with Gasteiger partial charge in [-0.2, -0.15) is 13.2 Å². The Balaban J connectivity index is 1.30. The van der Waals surface area contributed by atoms with Crippen LogP contribution in [0.5, 0.6) is 0 Å². The number of amides is 2. The summed E-state index contributed by atoms with van der Waals surface area (Å²) in [6, 6.07) is 4.47. The van der Waals surface area contributed by atoms with Gasteiger partial charge in [-0.3, -0.25) is 14.0 Å². The number of nitrogens with one attached hydrogen (secondary N) is 1. The van der Waals surface area contributed by atoms with Crippen LogP contribution in [0.25, 0.3) is 16.2 Å². The third-order valence-electron chi connectivity index (χ3n) is 5.97. The molecule has 1 unspecified atom stereocenters. The molecule has 0 radical (unpaired) electrons. The molecule has 1 N–H and O–H groups in total. The Morgan fingerprint density at radius 1 is 1.17 bits per heavy atom. The quantitative estimate of drug-likeness (QED) is 0.411. The summed E-state index contributed by atoms with van der Waals surface area (Å²) in [5, 5.41) is 5.41. The van der Waals surface area contributed by atoms with E-state index in [1.54, 1.807) is 29.3 Å². The molecule has 1 fully saturated rings. The molecule has 4 aromatic rings. The topological polar surface area (TPSA) is 79.6 Å². The van der Waals surface area contributed by atoms with Gasteiger partial charge >= 0.3 is 6.18 Å². The van der Waals surface area contributed by atoms with Crippen molar-refractivity contribution in [2.75, 3.05) is 13.1 Å². The highest BCUT2D eigenvalue weighted by Gasteiger charge is 2.36. The summed E-state index contributed by atoms with van der Waals surface area (Å²) in [5.41, 5.74) is 1.17. The lowest BCUT2D eigenvalue weighted by Gasteiger charge is -2.41. The molecule has 0 spiro atoms. The van der Waals surface area contributed by atoms with E-state index in [2.05, 4.69) is 15.3 Å². The number of carbonyl (C=O) groups is 2. The number of rotatable bonds is 5. The van der Waals surface area contributed by atoms with Crippen molar-refractivity contribution in [2.45, 2.75) is 32.5 Å². The third-order valence-corrected chi connectivity index (χ3v) is 7.68. The number of fused-ring (bicyclic) bond motifs is 1. The molecule has 1 aromatic carbocycles. The van der Waals surface area contributed by atoms with Crippen LogP contribution in [-0.2, 0) is 6.18 Å². The van der Waals surface area contributed by atoms with Crippen molar-refractivity contribution < 1.29 is 22.8 Å². The van der Waals surface area contributed by atoms with Crippen molar-refractivity contribution in [2.24, 2.45) is 0 Å². The van der Waals surface area contributed by atoms with Gasteiger partial charge in [-0.05, 0) is 32.4 Å². The first-order chi connectivity index (χ1) is 16.6. The maximum Gasteiger partial charge on any atom is 0.416 e. The Morgan fingerprint density at radius 2 is 1.91 bits per heavy atom. The van der Waals surface area contributed by atoms with Crippen molar-refractivity contribution in [3.63, 3.8) is 0 Å². The van der Waals surface area contributed by atoms with Crippen LogP contribution in [0, 0.1) is 13.8 Å². The monoisotopic (exact) mass is 519 g/mol. The minimum Gasteiger partial charge on any atom is -0.349 e. The summed E-state index contributed by atoms with van der Waals surface area (Å²) in [4.78, 5) is 37.7. The third kappa shape index (κ3) is 4.31. The SMILES string of the molecule is Cc1nc(-c2ccc(C(F)(F)F)cc2)c(C(=O)N2CCC2CNC(=O)c2c(C)nc3sccn23)s1. The number of hydrogen-bond donors (Lipinski definition) is 1. The number of aryl methyl sites for hydroxylation is 2. The Hall–Kier alpha value is -3.25. The van der Waals surface area contributed by atoms with Gasteiger partial charge in [0.2, 0.25) is 0 Å². The van der Waals surface area contributed by atoms with Crippen molar-refractivity contribution in [3.05, 3.63) is 62.7 Å². The lowest BCUT2D eigenvalue weighted by Crippen LogP contribution is -2.55. The zero-order chi connectivity index (χ0) is 24.9. The normalized spacial score (nSPS) is 15.9. The molecule has 1 aliphatic rings. The van der Waals surface area contributed by atoms with Gasteiger partial charge < -0.3 is 10.2 Å². The fourth-order valence-corrected chi connectivity index (χ4v) is 5.75. The molecule has 2 amide bonds. The lowest BCUT2D eigenvalue weighted by molar-refractivity contribution is -0.137. The fourth-order valence-electron chi connectivity index (χ4n) is 4.10. The molecular weight excluding hydrogens is 499 g/mol. The van der Waals surface area contributed by atoms with E-state index in [9.17, 15) is 22.8 Å². The minimum absolute atomic E-state index is 0.180. The van der Waals surface area contributed by atoms with Gasteiger partial charge in [-0.15, -0.1) is 22.7 Å². The number of benzene rings is 1. The molecule has 5 rings (SSSR count). The average molecular weight is 520 g/mol. The Morgan fingerprint density at radius 3 is 2.57 bits per heavy atom. The van der Waals surface area contributed by atoms with Crippen molar-refractivity contribution >= 4 is 39.4 Å².